The summed E-state index contributed by atoms with van der Waals surface area (Å²) in [6.07, 6.45) is -0.110. The van der Waals surface area contributed by atoms with Gasteiger partial charge in [-0.15, -0.1) is 0 Å². The van der Waals surface area contributed by atoms with Crippen molar-refractivity contribution >= 4 is 5.91 Å². The van der Waals surface area contributed by atoms with Gasteiger partial charge in [0.15, 0.2) is 11.6 Å². The van der Waals surface area contributed by atoms with Gasteiger partial charge in [0.25, 0.3) is 0 Å². The number of aliphatic hydroxyl groups excluding tert-OH is 1. The van der Waals surface area contributed by atoms with Crippen LogP contribution in [0.25, 0.3) is 0 Å². The highest BCUT2D eigenvalue weighted by Crippen LogP contribution is 2.15. The van der Waals surface area contributed by atoms with Crippen molar-refractivity contribution in [3.63, 3.8) is 0 Å². The van der Waals surface area contributed by atoms with Gasteiger partial charge in [-0.05, 0) is 19.1 Å². The zero-order valence-corrected chi connectivity index (χ0v) is 12.9. The maximum Gasteiger partial charge on any atom is 0.226 e. The molecular weight excluding hydrogens is 287 g/mol. The molecule has 1 atom stereocenters. The molecule has 5 nitrogen and oxygen atoms in total. The summed E-state index contributed by atoms with van der Waals surface area (Å²) in [7, 11) is 0. The van der Waals surface area contributed by atoms with Crippen LogP contribution in [0.2, 0.25) is 0 Å². The quantitative estimate of drug-likeness (QED) is 0.855. The third kappa shape index (κ3) is 4.96. The number of hydrogen-bond donors (Lipinski definition) is 1. The van der Waals surface area contributed by atoms with Crippen molar-refractivity contribution in [2.24, 2.45) is 0 Å². The summed E-state index contributed by atoms with van der Waals surface area (Å²) in [5, 5.41) is 9.36. The summed E-state index contributed by atoms with van der Waals surface area (Å²) in [6, 6.07) is 6.18. The first-order valence-corrected chi connectivity index (χ1v) is 7.62. The van der Waals surface area contributed by atoms with Gasteiger partial charge in [-0.3, -0.25) is 9.69 Å². The molecule has 1 amide bonds. The Balaban J connectivity index is 1.69. The minimum Gasteiger partial charge on any atom is -0.490 e. The van der Waals surface area contributed by atoms with Gasteiger partial charge >= 0.3 is 0 Å². The topological polar surface area (TPSA) is 53.0 Å². The zero-order chi connectivity index (χ0) is 15.9. The summed E-state index contributed by atoms with van der Waals surface area (Å²) in [6.45, 7) is 5.43. The molecule has 0 bridgehead atoms. The SMILES string of the molecule is C[C@H](O)CN1CCN(C(=O)CCOc2ccccc2F)CC1. The zero-order valence-electron chi connectivity index (χ0n) is 12.9. The number of hydrogen-bond acceptors (Lipinski definition) is 4. The molecular formula is C16H23FN2O3. The molecule has 1 N–H and O–H groups in total. The molecule has 6 heteroatoms. The summed E-state index contributed by atoms with van der Waals surface area (Å²) < 4.78 is 18.7. The lowest BCUT2D eigenvalue weighted by Gasteiger charge is -2.35. The first-order valence-electron chi connectivity index (χ1n) is 7.62. The Bertz CT molecular complexity index is 488. The molecule has 22 heavy (non-hydrogen) atoms. The molecule has 1 heterocycles. The van der Waals surface area contributed by atoms with E-state index in [1.54, 1.807) is 30.0 Å². The number of nitrogens with zero attached hydrogens (tertiary/aromatic N) is 2. The Kier molecular flexibility index (Phi) is 6.15. The molecule has 0 saturated carbocycles. The molecule has 0 radical (unpaired) electrons. The van der Waals surface area contributed by atoms with Crippen LogP contribution < -0.4 is 4.74 Å². The van der Waals surface area contributed by atoms with Crippen molar-refractivity contribution in [1.82, 2.24) is 9.80 Å². The summed E-state index contributed by atoms with van der Waals surface area (Å²) >= 11 is 0. The van der Waals surface area contributed by atoms with Crippen molar-refractivity contribution in [3.8, 4) is 5.75 Å². The van der Waals surface area contributed by atoms with Crippen LogP contribution in [0.1, 0.15) is 13.3 Å². The van der Waals surface area contributed by atoms with Crippen molar-refractivity contribution in [2.45, 2.75) is 19.4 Å². The van der Waals surface area contributed by atoms with Gasteiger partial charge in [-0.25, -0.2) is 4.39 Å². The molecule has 1 fully saturated rings. The molecule has 1 aromatic carbocycles. The second-order valence-corrected chi connectivity index (χ2v) is 5.56. The van der Waals surface area contributed by atoms with Gasteiger partial charge in [0, 0.05) is 32.7 Å². The van der Waals surface area contributed by atoms with Gasteiger partial charge in [0.05, 0.1) is 19.1 Å². The number of carbonyl (C=O) groups excluding carboxylic acids is 1. The summed E-state index contributed by atoms with van der Waals surface area (Å²) in [5.74, 6) is -0.216. The van der Waals surface area contributed by atoms with E-state index in [1.807, 2.05) is 0 Å². The Labute approximate surface area is 130 Å². The lowest BCUT2D eigenvalue weighted by atomic mass is 10.2. The van der Waals surface area contributed by atoms with Crippen LogP contribution in [0, 0.1) is 5.82 Å². The number of amides is 1. The van der Waals surface area contributed by atoms with E-state index in [1.165, 1.54) is 6.07 Å². The van der Waals surface area contributed by atoms with Crippen LogP contribution in [-0.4, -0.2) is 66.2 Å². The lowest BCUT2D eigenvalue weighted by molar-refractivity contribution is -0.133. The highest BCUT2D eigenvalue weighted by molar-refractivity contribution is 5.76. The van der Waals surface area contributed by atoms with E-state index in [-0.39, 0.29) is 30.8 Å². The van der Waals surface area contributed by atoms with E-state index >= 15 is 0 Å². The second-order valence-electron chi connectivity index (χ2n) is 5.56. The fourth-order valence-corrected chi connectivity index (χ4v) is 2.52. The van der Waals surface area contributed by atoms with Gasteiger partial charge in [0.2, 0.25) is 5.91 Å². The van der Waals surface area contributed by atoms with E-state index in [9.17, 15) is 14.3 Å². The van der Waals surface area contributed by atoms with E-state index in [0.29, 0.717) is 19.6 Å². The van der Waals surface area contributed by atoms with Gasteiger partial charge in [-0.2, -0.15) is 0 Å². The number of aliphatic hydroxyl groups is 1. The predicted octanol–water partition coefficient (Wildman–Crippen LogP) is 1.12. The van der Waals surface area contributed by atoms with Crippen LogP contribution in [0.15, 0.2) is 24.3 Å². The maximum atomic E-state index is 13.4. The standard InChI is InChI=1S/C16H23FN2O3/c1-13(20)12-18-7-9-19(10-8-18)16(21)6-11-22-15-5-3-2-4-14(15)17/h2-5,13,20H,6-12H2,1H3/t13-/m0/s1. The van der Waals surface area contributed by atoms with Crippen LogP contribution in [0.5, 0.6) is 5.75 Å². The number of carbonyl (C=O) groups is 1. The van der Waals surface area contributed by atoms with Crippen molar-refractivity contribution < 1.29 is 19.0 Å². The van der Waals surface area contributed by atoms with E-state index in [4.69, 9.17) is 4.74 Å². The molecule has 1 aliphatic rings. The monoisotopic (exact) mass is 310 g/mol. The molecule has 0 spiro atoms. The third-order valence-corrected chi connectivity index (χ3v) is 3.66. The predicted molar refractivity (Wildman–Crippen MR) is 81.2 cm³/mol. The third-order valence-electron chi connectivity index (χ3n) is 3.66. The molecule has 0 aromatic heterocycles. The highest BCUT2D eigenvalue weighted by atomic mass is 19.1. The summed E-state index contributed by atoms with van der Waals surface area (Å²) in [4.78, 5) is 16.0. The van der Waals surface area contributed by atoms with Crippen LogP contribution >= 0.6 is 0 Å². The van der Waals surface area contributed by atoms with Gasteiger partial charge in [0.1, 0.15) is 0 Å². The molecule has 122 valence electrons. The van der Waals surface area contributed by atoms with E-state index in [0.717, 1.165) is 13.1 Å². The van der Waals surface area contributed by atoms with E-state index in [2.05, 4.69) is 4.90 Å². The Hall–Kier alpha value is -1.66. The number of piperazine rings is 1. The normalized spacial score (nSPS) is 17.3. The van der Waals surface area contributed by atoms with Crippen molar-refractivity contribution in [1.29, 1.82) is 0 Å². The molecule has 1 aromatic rings. The minimum atomic E-state index is -0.415. The molecule has 1 aliphatic heterocycles. The Morgan fingerprint density at radius 1 is 1.32 bits per heavy atom. The highest BCUT2D eigenvalue weighted by Gasteiger charge is 2.21. The Morgan fingerprint density at radius 3 is 2.64 bits per heavy atom. The lowest BCUT2D eigenvalue weighted by Crippen LogP contribution is -2.50. The fourth-order valence-electron chi connectivity index (χ4n) is 2.52. The molecule has 1 saturated heterocycles. The first kappa shape index (κ1) is 16.7. The number of benzene rings is 1. The largest absolute Gasteiger partial charge is 0.490 e. The maximum absolute atomic E-state index is 13.4. The fraction of sp³-hybridized carbons (Fsp3) is 0.562. The van der Waals surface area contributed by atoms with Crippen molar-refractivity contribution in [3.05, 3.63) is 30.1 Å². The molecule has 2 rings (SSSR count). The molecule has 0 aliphatic carbocycles. The molecule has 0 unspecified atom stereocenters. The Morgan fingerprint density at radius 2 is 2.00 bits per heavy atom. The minimum absolute atomic E-state index is 0.0213. The average molecular weight is 310 g/mol. The first-order chi connectivity index (χ1) is 10.6. The number of ether oxygens (including phenoxy) is 1. The van der Waals surface area contributed by atoms with Gasteiger partial charge < -0.3 is 14.7 Å². The number of β-amino-alcohol motifs (C(OH)–C–C–N with tert-alkyl or cyclic N) is 1. The number of para-hydroxylation sites is 1. The van der Waals surface area contributed by atoms with Crippen LogP contribution in [-0.2, 0) is 4.79 Å². The van der Waals surface area contributed by atoms with Crippen LogP contribution in [0.3, 0.4) is 0 Å². The van der Waals surface area contributed by atoms with E-state index < -0.39 is 5.82 Å². The summed E-state index contributed by atoms with van der Waals surface area (Å²) in [5.41, 5.74) is 0. The second kappa shape index (κ2) is 8.10. The number of halogens is 1. The number of rotatable bonds is 6. The van der Waals surface area contributed by atoms with Crippen LogP contribution in [0.4, 0.5) is 4.39 Å². The smallest absolute Gasteiger partial charge is 0.226 e. The van der Waals surface area contributed by atoms with Crippen molar-refractivity contribution in [2.75, 3.05) is 39.3 Å². The average Bonchev–Trinajstić information content (AvgIpc) is 2.49. The van der Waals surface area contributed by atoms with Gasteiger partial charge in [-0.1, -0.05) is 12.1 Å².